The van der Waals surface area contributed by atoms with Crippen LogP contribution >= 0.6 is 23.2 Å². The summed E-state index contributed by atoms with van der Waals surface area (Å²) in [6.45, 7) is 3.16. The van der Waals surface area contributed by atoms with Gasteiger partial charge in [-0.05, 0) is 49.2 Å². The van der Waals surface area contributed by atoms with Gasteiger partial charge in [-0.15, -0.1) is 0 Å². The van der Waals surface area contributed by atoms with Crippen LogP contribution in [0.15, 0.2) is 42.7 Å². The number of aromatic nitrogens is 1. The second-order valence-electron chi connectivity index (χ2n) is 4.74. The molecule has 1 aromatic carbocycles. The summed E-state index contributed by atoms with van der Waals surface area (Å²) in [5.41, 5.74) is 1.66. The number of hydrogen-bond acceptors (Lipinski definition) is 2. The summed E-state index contributed by atoms with van der Waals surface area (Å²) in [6.07, 6.45) is 4.27. The van der Waals surface area contributed by atoms with Crippen molar-refractivity contribution in [2.75, 3.05) is 18.4 Å². The Bertz CT molecular complexity index is 635. The maximum atomic E-state index is 12.3. The Hall–Kier alpha value is -1.78. The highest BCUT2D eigenvalue weighted by molar-refractivity contribution is 6.35. The molecule has 0 radical (unpaired) electrons. The van der Waals surface area contributed by atoms with E-state index in [0.29, 0.717) is 28.8 Å². The number of likely N-dealkylation sites (N-methyl/N-ethyl adjacent to an activating group) is 1. The third-order valence-electron chi connectivity index (χ3n) is 3.26. The first-order valence-corrected chi connectivity index (χ1v) is 7.75. The van der Waals surface area contributed by atoms with Crippen LogP contribution in [0.5, 0.6) is 0 Å². The molecule has 0 saturated carbocycles. The largest absolute Gasteiger partial charge is 0.324 e. The standard InChI is InChI=1S/C16H17Cl2N3O/c1-2-21(10-7-12-5-8-19-9-6-12)16(22)20-15-11-13(17)3-4-14(15)18/h3-6,8-9,11H,2,7,10H2,1H3,(H,20,22). The van der Waals surface area contributed by atoms with Gasteiger partial charge in [0, 0.05) is 30.5 Å². The lowest BCUT2D eigenvalue weighted by molar-refractivity contribution is 0.215. The van der Waals surface area contributed by atoms with Gasteiger partial charge < -0.3 is 10.2 Å². The number of benzene rings is 1. The van der Waals surface area contributed by atoms with E-state index in [1.54, 1.807) is 35.5 Å². The van der Waals surface area contributed by atoms with Gasteiger partial charge in [0.1, 0.15) is 0 Å². The summed E-state index contributed by atoms with van der Waals surface area (Å²) in [5.74, 6) is 0. The summed E-state index contributed by atoms with van der Waals surface area (Å²) < 4.78 is 0. The van der Waals surface area contributed by atoms with E-state index in [4.69, 9.17) is 23.2 Å². The average Bonchev–Trinajstić information content (AvgIpc) is 2.52. The number of amides is 2. The Labute approximate surface area is 140 Å². The molecule has 1 N–H and O–H groups in total. The van der Waals surface area contributed by atoms with Crippen LogP contribution in [0.25, 0.3) is 0 Å². The lowest BCUT2D eigenvalue weighted by atomic mass is 10.2. The monoisotopic (exact) mass is 337 g/mol. The lowest BCUT2D eigenvalue weighted by Gasteiger charge is -2.21. The minimum Gasteiger partial charge on any atom is -0.324 e. The number of rotatable bonds is 5. The van der Waals surface area contributed by atoms with Crippen LogP contribution in [0.1, 0.15) is 12.5 Å². The predicted octanol–water partition coefficient (Wildman–Crippen LogP) is 4.48. The SMILES string of the molecule is CCN(CCc1ccncc1)C(=O)Nc1cc(Cl)ccc1Cl. The molecular weight excluding hydrogens is 321 g/mol. The van der Waals surface area contributed by atoms with Gasteiger partial charge in [-0.2, -0.15) is 0 Å². The van der Waals surface area contributed by atoms with Gasteiger partial charge in [0.15, 0.2) is 0 Å². The van der Waals surface area contributed by atoms with E-state index < -0.39 is 0 Å². The molecule has 0 bridgehead atoms. The molecule has 0 fully saturated rings. The van der Waals surface area contributed by atoms with E-state index in [9.17, 15) is 4.79 Å². The molecule has 0 saturated heterocycles. The zero-order chi connectivity index (χ0) is 15.9. The van der Waals surface area contributed by atoms with Crippen molar-refractivity contribution in [2.24, 2.45) is 0 Å². The molecule has 2 rings (SSSR count). The highest BCUT2D eigenvalue weighted by atomic mass is 35.5. The van der Waals surface area contributed by atoms with Crippen LogP contribution < -0.4 is 5.32 Å². The molecule has 2 amide bonds. The van der Waals surface area contributed by atoms with Crippen LogP contribution in [0, 0.1) is 0 Å². The number of halogens is 2. The number of nitrogens with one attached hydrogen (secondary N) is 1. The van der Waals surface area contributed by atoms with Gasteiger partial charge in [0.25, 0.3) is 0 Å². The maximum Gasteiger partial charge on any atom is 0.321 e. The van der Waals surface area contributed by atoms with Gasteiger partial charge in [-0.1, -0.05) is 23.2 Å². The molecule has 6 heteroatoms. The molecule has 0 spiro atoms. The first-order valence-electron chi connectivity index (χ1n) is 7.00. The van der Waals surface area contributed by atoms with E-state index in [-0.39, 0.29) is 6.03 Å². The fourth-order valence-corrected chi connectivity index (χ4v) is 2.34. The van der Waals surface area contributed by atoms with Crippen LogP contribution in [0.3, 0.4) is 0 Å². The zero-order valence-electron chi connectivity index (χ0n) is 12.2. The zero-order valence-corrected chi connectivity index (χ0v) is 13.7. The molecule has 0 aliphatic rings. The molecule has 2 aromatic rings. The van der Waals surface area contributed by atoms with Crippen LogP contribution in [0.4, 0.5) is 10.5 Å². The van der Waals surface area contributed by atoms with Gasteiger partial charge >= 0.3 is 6.03 Å². The Kier molecular flexibility index (Phi) is 6.04. The molecule has 0 atom stereocenters. The second-order valence-corrected chi connectivity index (χ2v) is 5.58. The molecule has 4 nitrogen and oxygen atoms in total. The summed E-state index contributed by atoms with van der Waals surface area (Å²) in [4.78, 5) is 18.0. The third kappa shape index (κ3) is 4.61. The fraction of sp³-hybridized carbons (Fsp3) is 0.250. The Morgan fingerprint density at radius 3 is 2.64 bits per heavy atom. The van der Waals surface area contributed by atoms with Gasteiger partial charge in [0.2, 0.25) is 0 Å². The van der Waals surface area contributed by atoms with Gasteiger partial charge in [-0.3, -0.25) is 4.98 Å². The summed E-state index contributed by atoms with van der Waals surface area (Å²) in [6, 6.07) is 8.67. The molecule has 22 heavy (non-hydrogen) atoms. The van der Waals surface area contributed by atoms with Crippen molar-refractivity contribution in [3.05, 3.63) is 58.3 Å². The topological polar surface area (TPSA) is 45.2 Å². The molecule has 1 aromatic heterocycles. The van der Waals surface area contributed by atoms with Crippen molar-refractivity contribution >= 4 is 34.9 Å². The Morgan fingerprint density at radius 1 is 1.23 bits per heavy atom. The fourth-order valence-electron chi connectivity index (χ4n) is 2.00. The number of anilines is 1. The van der Waals surface area contributed by atoms with Gasteiger partial charge in [0.05, 0.1) is 10.7 Å². The molecule has 0 aliphatic carbocycles. The van der Waals surface area contributed by atoms with Crippen LogP contribution in [-0.4, -0.2) is 29.0 Å². The number of carbonyl (C=O) groups excluding carboxylic acids is 1. The minimum absolute atomic E-state index is 0.194. The Balaban J connectivity index is 1.98. The summed E-state index contributed by atoms with van der Waals surface area (Å²) in [7, 11) is 0. The van der Waals surface area contributed by atoms with E-state index >= 15 is 0 Å². The van der Waals surface area contributed by atoms with Crippen molar-refractivity contribution in [3.8, 4) is 0 Å². The van der Waals surface area contributed by atoms with E-state index in [1.165, 1.54) is 0 Å². The molecule has 0 aliphatic heterocycles. The molecule has 116 valence electrons. The van der Waals surface area contributed by atoms with Crippen LogP contribution in [0.2, 0.25) is 10.0 Å². The second kappa shape index (κ2) is 8.01. The number of pyridine rings is 1. The third-order valence-corrected chi connectivity index (χ3v) is 3.82. The maximum absolute atomic E-state index is 12.3. The minimum atomic E-state index is -0.194. The van der Waals surface area contributed by atoms with Crippen molar-refractivity contribution in [2.45, 2.75) is 13.3 Å². The molecule has 1 heterocycles. The number of urea groups is 1. The normalized spacial score (nSPS) is 10.3. The van der Waals surface area contributed by atoms with Gasteiger partial charge in [-0.25, -0.2) is 4.79 Å². The predicted molar refractivity (Wildman–Crippen MR) is 90.7 cm³/mol. The number of carbonyl (C=O) groups is 1. The summed E-state index contributed by atoms with van der Waals surface area (Å²) in [5, 5.41) is 3.78. The lowest BCUT2D eigenvalue weighted by Crippen LogP contribution is -2.36. The highest BCUT2D eigenvalue weighted by Crippen LogP contribution is 2.25. The van der Waals surface area contributed by atoms with Crippen molar-refractivity contribution in [1.82, 2.24) is 9.88 Å². The number of nitrogens with zero attached hydrogens (tertiary/aromatic N) is 2. The average molecular weight is 338 g/mol. The Morgan fingerprint density at radius 2 is 1.95 bits per heavy atom. The smallest absolute Gasteiger partial charge is 0.321 e. The first-order chi connectivity index (χ1) is 10.6. The van der Waals surface area contributed by atoms with Crippen molar-refractivity contribution in [1.29, 1.82) is 0 Å². The van der Waals surface area contributed by atoms with Crippen molar-refractivity contribution < 1.29 is 4.79 Å². The van der Waals surface area contributed by atoms with E-state index in [0.717, 1.165) is 12.0 Å². The summed E-state index contributed by atoms with van der Waals surface area (Å²) >= 11 is 12.0. The molecule has 0 unspecified atom stereocenters. The molecular formula is C16H17Cl2N3O. The quantitative estimate of drug-likeness (QED) is 0.873. The van der Waals surface area contributed by atoms with Crippen molar-refractivity contribution in [3.63, 3.8) is 0 Å². The van der Waals surface area contributed by atoms with E-state index in [2.05, 4.69) is 10.3 Å². The number of hydrogen-bond donors (Lipinski definition) is 1. The van der Waals surface area contributed by atoms with Crippen LogP contribution in [-0.2, 0) is 6.42 Å². The first kappa shape index (κ1) is 16.6. The highest BCUT2D eigenvalue weighted by Gasteiger charge is 2.13. The van der Waals surface area contributed by atoms with E-state index in [1.807, 2.05) is 19.1 Å².